The molecule has 0 aliphatic carbocycles. The summed E-state index contributed by atoms with van der Waals surface area (Å²) >= 11 is 17.7. The van der Waals surface area contributed by atoms with Gasteiger partial charge in [0.1, 0.15) is 5.75 Å². The molecule has 0 heterocycles. The number of nitrogens with two attached hydrogens (primary N) is 1. The minimum atomic E-state index is -0.684. The van der Waals surface area contributed by atoms with E-state index in [1.165, 1.54) is 19.2 Å². The molecule has 2 aromatic rings. The summed E-state index contributed by atoms with van der Waals surface area (Å²) in [7, 11) is 1.47. The zero-order valence-electron chi connectivity index (χ0n) is 10.8. The number of benzene rings is 2. The lowest BCUT2D eigenvalue weighted by Gasteiger charge is -2.13. The van der Waals surface area contributed by atoms with E-state index in [1.807, 2.05) is 0 Å². The molecular weight excluding hydrogens is 337 g/mol. The second-order valence-electron chi connectivity index (χ2n) is 4.02. The van der Waals surface area contributed by atoms with E-state index in [0.717, 1.165) is 0 Å². The van der Waals surface area contributed by atoms with Crippen molar-refractivity contribution in [3.8, 4) is 17.2 Å². The smallest absolute Gasteiger partial charge is 0.252 e. The van der Waals surface area contributed by atoms with Gasteiger partial charge in [0.25, 0.3) is 5.91 Å². The van der Waals surface area contributed by atoms with Gasteiger partial charge >= 0.3 is 0 Å². The Morgan fingerprint density at radius 2 is 1.67 bits per heavy atom. The Bertz CT molecular complexity index is 704. The Balaban J connectivity index is 2.48. The van der Waals surface area contributed by atoms with Gasteiger partial charge in [-0.25, -0.2) is 0 Å². The van der Waals surface area contributed by atoms with E-state index < -0.39 is 5.91 Å². The number of methoxy groups -OCH3 is 1. The van der Waals surface area contributed by atoms with Crippen molar-refractivity contribution in [1.29, 1.82) is 0 Å². The highest BCUT2D eigenvalue weighted by Gasteiger charge is 2.16. The highest BCUT2D eigenvalue weighted by Crippen LogP contribution is 2.37. The maximum atomic E-state index is 11.5. The van der Waals surface area contributed by atoms with Gasteiger partial charge in [0.2, 0.25) is 0 Å². The molecule has 0 bridgehead atoms. The summed E-state index contributed by atoms with van der Waals surface area (Å²) < 4.78 is 10.8. The molecule has 110 valence electrons. The fraction of sp³-hybridized carbons (Fsp3) is 0.0714. The number of rotatable bonds is 4. The van der Waals surface area contributed by atoms with Gasteiger partial charge in [-0.05, 0) is 18.2 Å². The van der Waals surface area contributed by atoms with Crippen LogP contribution in [0.1, 0.15) is 10.4 Å². The van der Waals surface area contributed by atoms with Gasteiger partial charge in [-0.3, -0.25) is 4.79 Å². The van der Waals surface area contributed by atoms with Gasteiger partial charge in [0.05, 0.1) is 22.7 Å². The number of carbonyl (C=O) groups is 1. The van der Waals surface area contributed by atoms with Crippen LogP contribution in [0.5, 0.6) is 17.2 Å². The molecule has 2 rings (SSSR count). The molecule has 0 aromatic heterocycles. The molecule has 0 aliphatic rings. The fourth-order valence-electron chi connectivity index (χ4n) is 1.65. The summed E-state index contributed by atoms with van der Waals surface area (Å²) in [6, 6.07) is 7.58. The molecule has 0 saturated carbocycles. The van der Waals surface area contributed by atoms with E-state index in [1.54, 1.807) is 18.2 Å². The van der Waals surface area contributed by atoms with Crippen LogP contribution in [0.15, 0.2) is 30.3 Å². The zero-order chi connectivity index (χ0) is 15.6. The number of primary amides is 1. The molecule has 2 N–H and O–H groups in total. The zero-order valence-corrected chi connectivity index (χ0v) is 13.1. The second kappa shape index (κ2) is 6.43. The normalized spacial score (nSPS) is 10.3. The van der Waals surface area contributed by atoms with Gasteiger partial charge in [-0.1, -0.05) is 34.8 Å². The number of amides is 1. The van der Waals surface area contributed by atoms with Crippen LogP contribution in [-0.2, 0) is 0 Å². The monoisotopic (exact) mass is 345 g/mol. The van der Waals surface area contributed by atoms with E-state index in [0.29, 0.717) is 16.5 Å². The summed E-state index contributed by atoms with van der Waals surface area (Å²) in [5, 5.41) is 0.939. The molecule has 0 atom stereocenters. The third-order valence-electron chi connectivity index (χ3n) is 2.63. The van der Waals surface area contributed by atoms with Crippen molar-refractivity contribution in [2.24, 2.45) is 5.73 Å². The lowest BCUT2D eigenvalue weighted by Crippen LogP contribution is -2.12. The summed E-state index contributed by atoms with van der Waals surface area (Å²) in [5.74, 6) is 0.265. The molecule has 1 amide bonds. The number of hydrogen-bond donors (Lipinski definition) is 1. The lowest BCUT2D eigenvalue weighted by atomic mass is 10.2. The average Bonchev–Trinajstić information content (AvgIpc) is 2.44. The third kappa shape index (κ3) is 3.53. The summed E-state index contributed by atoms with van der Waals surface area (Å²) in [4.78, 5) is 11.5. The van der Waals surface area contributed by atoms with E-state index in [2.05, 4.69) is 0 Å². The minimum absolute atomic E-state index is 0.112. The number of ether oxygens (including phenoxy) is 2. The molecule has 2 aromatic carbocycles. The van der Waals surface area contributed by atoms with Crippen molar-refractivity contribution in [3.05, 3.63) is 51.0 Å². The summed E-state index contributed by atoms with van der Waals surface area (Å²) in [5.41, 5.74) is 5.42. The minimum Gasteiger partial charge on any atom is -0.493 e. The molecule has 0 unspecified atom stereocenters. The van der Waals surface area contributed by atoms with Gasteiger partial charge in [0, 0.05) is 17.2 Å². The van der Waals surface area contributed by atoms with Crippen molar-refractivity contribution in [2.45, 2.75) is 0 Å². The summed E-state index contributed by atoms with van der Waals surface area (Å²) in [6.07, 6.45) is 0. The van der Waals surface area contributed by atoms with Crippen LogP contribution >= 0.6 is 34.8 Å². The maximum absolute atomic E-state index is 11.5. The van der Waals surface area contributed by atoms with Gasteiger partial charge in [-0.2, -0.15) is 0 Å². The molecule has 0 radical (unpaired) electrons. The molecule has 0 spiro atoms. The van der Waals surface area contributed by atoms with Crippen LogP contribution in [-0.4, -0.2) is 13.0 Å². The SMILES string of the molecule is COc1cc(Cl)ccc1Oc1cc(Cl)c(Cl)cc1C(N)=O. The first kappa shape index (κ1) is 15.8. The molecule has 0 saturated heterocycles. The third-order valence-corrected chi connectivity index (χ3v) is 3.59. The van der Waals surface area contributed by atoms with Crippen LogP contribution in [0.4, 0.5) is 0 Å². The van der Waals surface area contributed by atoms with Crippen molar-refractivity contribution >= 4 is 40.7 Å². The largest absolute Gasteiger partial charge is 0.493 e. The number of halogens is 3. The Morgan fingerprint density at radius 1 is 1.00 bits per heavy atom. The Kier molecular flexibility index (Phi) is 4.83. The molecule has 7 heteroatoms. The quantitative estimate of drug-likeness (QED) is 0.883. The first-order valence-electron chi connectivity index (χ1n) is 5.72. The first-order valence-corrected chi connectivity index (χ1v) is 6.86. The second-order valence-corrected chi connectivity index (χ2v) is 5.27. The van der Waals surface area contributed by atoms with E-state index in [9.17, 15) is 4.79 Å². The standard InChI is InChI=1S/C14H10Cl3NO3/c1-20-13-4-7(15)2-3-11(13)21-12-6-10(17)9(16)5-8(12)14(18)19/h2-6H,1H3,(H2,18,19). The number of hydrogen-bond acceptors (Lipinski definition) is 3. The van der Waals surface area contributed by atoms with Crippen molar-refractivity contribution in [1.82, 2.24) is 0 Å². The Hall–Kier alpha value is -1.62. The van der Waals surface area contributed by atoms with Crippen molar-refractivity contribution in [2.75, 3.05) is 7.11 Å². The predicted molar refractivity (Wildman–Crippen MR) is 83.1 cm³/mol. The van der Waals surface area contributed by atoms with E-state index in [-0.39, 0.29) is 21.4 Å². The molecule has 0 aliphatic heterocycles. The van der Waals surface area contributed by atoms with E-state index in [4.69, 9.17) is 50.0 Å². The van der Waals surface area contributed by atoms with Crippen LogP contribution < -0.4 is 15.2 Å². The predicted octanol–water partition coefficient (Wildman–Crippen LogP) is 4.55. The Labute approximate surface area is 136 Å². The highest BCUT2D eigenvalue weighted by molar-refractivity contribution is 6.42. The first-order chi connectivity index (χ1) is 9.92. The highest BCUT2D eigenvalue weighted by atomic mass is 35.5. The summed E-state index contributed by atoms with van der Waals surface area (Å²) in [6.45, 7) is 0. The molecule has 0 fully saturated rings. The van der Waals surface area contributed by atoms with Gasteiger partial charge < -0.3 is 15.2 Å². The van der Waals surface area contributed by atoms with Crippen LogP contribution in [0, 0.1) is 0 Å². The van der Waals surface area contributed by atoms with Crippen LogP contribution in [0.2, 0.25) is 15.1 Å². The molecule has 4 nitrogen and oxygen atoms in total. The van der Waals surface area contributed by atoms with Gasteiger partial charge in [-0.15, -0.1) is 0 Å². The molecular formula is C14H10Cl3NO3. The average molecular weight is 347 g/mol. The van der Waals surface area contributed by atoms with Gasteiger partial charge in [0.15, 0.2) is 11.5 Å². The lowest BCUT2D eigenvalue weighted by molar-refractivity contribution is 0.0998. The fourth-order valence-corrected chi connectivity index (χ4v) is 2.13. The van der Waals surface area contributed by atoms with E-state index >= 15 is 0 Å². The maximum Gasteiger partial charge on any atom is 0.252 e. The Morgan fingerprint density at radius 3 is 2.29 bits per heavy atom. The molecule has 21 heavy (non-hydrogen) atoms. The van der Waals surface area contributed by atoms with Crippen LogP contribution in [0.25, 0.3) is 0 Å². The van der Waals surface area contributed by atoms with Crippen molar-refractivity contribution < 1.29 is 14.3 Å². The topological polar surface area (TPSA) is 61.6 Å². The van der Waals surface area contributed by atoms with Crippen LogP contribution in [0.3, 0.4) is 0 Å². The number of carbonyl (C=O) groups excluding carboxylic acids is 1. The van der Waals surface area contributed by atoms with Crippen molar-refractivity contribution in [3.63, 3.8) is 0 Å².